The highest BCUT2D eigenvalue weighted by molar-refractivity contribution is 7.91. The number of hydrogen-bond donors (Lipinski definition) is 1. The summed E-state index contributed by atoms with van der Waals surface area (Å²) in [6.07, 6.45) is 0.546. The van der Waals surface area contributed by atoms with Crippen LogP contribution in [0.1, 0.15) is 13.3 Å². The minimum absolute atomic E-state index is 0.0918. The number of hydrogen-bond acceptors (Lipinski definition) is 4. The van der Waals surface area contributed by atoms with Crippen LogP contribution in [0.3, 0.4) is 0 Å². The zero-order valence-corrected chi connectivity index (χ0v) is 10.0. The van der Waals surface area contributed by atoms with Gasteiger partial charge in [0.25, 0.3) is 0 Å². The van der Waals surface area contributed by atoms with E-state index in [1.165, 1.54) is 0 Å². The number of carbonyl (C=O) groups is 1. The fraction of sp³-hybridized carbons (Fsp3) is 0.889. The van der Waals surface area contributed by atoms with Crippen molar-refractivity contribution in [2.45, 2.75) is 19.4 Å². The van der Waals surface area contributed by atoms with E-state index in [-0.39, 0.29) is 23.5 Å². The molecule has 1 rings (SSSR count). The molecule has 1 aliphatic heterocycles. The topological polar surface area (TPSA) is 66.5 Å². The summed E-state index contributed by atoms with van der Waals surface area (Å²) in [5.41, 5.74) is 0. The first-order valence-corrected chi connectivity index (χ1v) is 6.93. The molecule has 0 radical (unpaired) electrons. The van der Waals surface area contributed by atoms with Gasteiger partial charge in [-0.3, -0.25) is 9.69 Å². The van der Waals surface area contributed by atoms with Gasteiger partial charge in [-0.05, 0) is 20.0 Å². The predicted molar refractivity (Wildman–Crippen MR) is 58.4 cm³/mol. The highest BCUT2D eigenvalue weighted by Crippen LogP contribution is 2.10. The molecule has 1 N–H and O–H groups in total. The van der Waals surface area contributed by atoms with Gasteiger partial charge in [-0.15, -0.1) is 0 Å². The molecule has 1 fully saturated rings. The van der Waals surface area contributed by atoms with Crippen molar-refractivity contribution in [1.29, 1.82) is 0 Å². The van der Waals surface area contributed by atoms with Gasteiger partial charge in [0.1, 0.15) is 0 Å². The van der Waals surface area contributed by atoms with E-state index in [0.29, 0.717) is 13.0 Å². The molecule has 0 bridgehead atoms. The minimum Gasteiger partial charge on any atom is -0.351 e. The van der Waals surface area contributed by atoms with Crippen LogP contribution in [0, 0.1) is 0 Å². The standard InChI is InChI=1S/C9H18N2O3S/c1-3-11(2)6-9(12)10-8-4-5-15(13,14)7-8/h8H,3-7H2,1-2H3,(H,10,12)/t8-/m0/s1. The maximum Gasteiger partial charge on any atom is 0.234 e. The summed E-state index contributed by atoms with van der Waals surface area (Å²) < 4.78 is 22.3. The van der Waals surface area contributed by atoms with Gasteiger partial charge in [-0.2, -0.15) is 0 Å². The lowest BCUT2D eigenvalue weighted by Crippen LogP contribution is -2.41. The minimum atomic E-state index is -2.90. The van der Waals surface area contributed by atoms with Crippen LogP contribution >= 0.6 is 0 Å². The highest BCUT2D eigenvalue weighted by atomic mass is 32.2. The lowest BCUT2D eigenvalue weighted by Gasteiger charge is -2.16. The monoisotopic (exact) mass is 234 g/mol. The van der Waals surface area contributed by atoms with Crippen molar-refractivity contribution in [1.82, 2.24) is 10.2 Å². The summed E-state index contributed by atoms with van der Waals surface area (Å²) >= 11 is 0. The van der Waals surface area contributed by atoms with E-state index < -0.39 is 9.84 Å². The second kappa shape index (κ2) is 4.94. The average molecular weight is 234 g/mol. The van der Waals surface area contributed by atoms with Gasteiger partial charge < -0.3 is 5.32 Å². The molecule has 1 amide bonds. The van der Waals surface area contributed by atoms with Crippen molar-refractivity contribution in [3.05, 3.63) is 0 Å². The fourth-order valence-corrected chi connectivity index (χ4v) is 3.21. The summed E-state index contributed by atoms with van der Waals surface area (Å²) in [5, 5.41) is 2.74. The second-order valence-electron chi connectivity index (χ2n) is 4.00. The number of amides is 1. The molecule has 0 saturated carbocycles. The van der Waals surface area contributed by atoms with Crippen molar-refractivity contribution in [2.24, 2.45) is 0 Å². The third-order valence-corrected chi connectivity index (χ3v) is 4.32. The van der Waals surface area contributed by atoms with Crippen molar-refractivity contribution in [2.75, 3.05) is 31.6 Å². The molecule has 0 aromatic heterocycles. The molecule has 1 saturated heterocycles. The molecule has 15 heavy (non-hydrogen) atoms. The predicted octanol–water partition coefficient (Wildman–Crippen LogP) is -0.759. The molecule has 0 aliphatic carbocycles. The molecule has 1 atom stereocenters. The number of nitrogens with zero attached hydrogens (tertiary/aromatic N) is 1. The quantitative estimate of drug-likeness (QED) is 0.694. The Morgan fingerprint density at radius 2 is 2.20 bits per heavy atom. The molecule has 0 aromatic carbocycles. The van der Waals surface area contributed by atoms with Gasteiger partial charge in [-0.1, -0.05) is 6.92 Å². The van der Waals surface area contributed by atoms with Crippen LogP contribution in [0.25, 0.3) is 0 Å². The lowest BCUT2D eigenvalue weighted by molar-refractivity contribution is -0.122. The molecule has 6 heteroatoms. The van der Waals surface area contributed by atoms with Crippen LogP contribution in [0.15, 0.2) is 0 Å². The first kappa shape index (κ1) is 12.4. The van der Waals surface area contributed by atoms with E-state index in [0.717, 1.165) is 6.54 Å². The van der Waals surface area contributed by atoms with Crippen LogP contribution in [0.5, 0.6) is 0 Å². The van der Waals surface area contributed by atoms with Crippen LogP contribution in [-0.4, -0.2) is 56.9 Å². The van der Waals surface area contributed by atoms with Crippen molar-refractivity contribution in [3.63, 3.8) is 0 Å². The normalized spacial score (nSPS) is 24.3. The average Bonchev–Trinajstić information content (AvgIpc) is 2.44. The van der Waals surface area contributed by atoms with E-state index in [2.05, 4.69) is 5.32 Å². The van der Waals surface area contributed by atoms with Gasteiger partial charge in [0.15, 0.2) is 9.84 Å². The largest absolute Gasteiger partial charge is 0.351 e. The van der Waals surface area contributed by atoms with Gasteiger partial charge in [0, 0.05) is 6.04 Å². The number of rotatable bonds is 4. The van der Waals surface area contributed by atoms with Crippen LogP contribution in [0.2, 0.25) is 0 Å². The summed E-state index contributed by atoms with van der Waals surface area (Å²) in [4.78, 5) is 13.3. The maximum absolute atomic E-state index is 11.4. The van der Waals surface area contributed by atoms with Gasteiger partial charge in [0.05, 0.1) is 18.1 Å². The summed E-state index contributed by atoms with van der Waals surface area (Å²) in [6.45, 7) is 3.09. The molecule has 0 spiro atoms. The number of carbonyl (C=O) groups excluding carboxylic acids is 1. The number of likely N-dealkylation sites (N-methyl/N-ethyl adjacent to an activating group) is 1. The Labute approximate surface area is 90.7 Å². The molecule has 1 aliphatic rings. The Kier molecular flexibility index (Phi) is 4.10. The van der Waals surface area contributed by atoms with Gasteiger partial charge >= 0.3 is 0 Å². The summed E-state index contributed by atoms with van der Waals surface area (Å²) in [5.74, 6) is 0.192. The Bertz CT molecular complexity index is 326. The maximum atomic E-state index is 11.4. The molecular weight excluding hydrogens is 216 g/mol. The lowest BCUT2D eigenvalue weighted by atomic mass is 10.2. The Balaban J connectivity index is 2.34. The van der Waals surface area contributed by atoms with Crippen LogP contribution in [-0.2, 0) is 14.6 Å². The van der Waals surface area contributed by atoms with Gasteiger partial charge in [-0.25, -0.2) is 8.42 Å². The smallest absolute Gasteiger partial charge is 0.234 e. The zero-order chi connectivity index (χ0) is 11.5. The van der Waals surface area contributed by atoms with E-state index in [9.17, 15) is 13.2 Å². The zero-order valence-electron chi connectivity index (χ0n) is 9.19. The first-order valence-electron chi connectivity index (χ1n) is 5.11. The second-order valence-corrected chi connectivity index (χ2v) is 6.23. The molecular formula is C9H18N2O3S. The number of nitrogens with one attached hydrogen (secondary N) is 1. The Hall–Kier alpha value is -0.620. The van der Waals surface area contributed by atoms with Crippen molar-refractivity contribution >= 4 is 15.7 Å². The van der Waals surface area contributed by atoms with Crippen LogP contribution in [0.4, 0.5) is 0 Å². The van der Waals surface area contributed by atoms with E-state index in [1.54, 1.807) is 0 Å². The fourth-order valence-electron chi connectivity index (χ4n) is 1.54. The van der Waals surface area contributed by atoms with Crippen molar-refractivity contribution < 1.29 is 13.2 Å². The third kappa shape index (κ3) is 4.17. The molecule has 0 unspecified atom stereocenters. The summed E-state index contributed by atoms with van der Waals surface area (Å²) in [6, 6.07) is -0.187. The third-order valence-electron chi connectivity index (χ3n) is 2.55. The van der Waals surface area contributed by atoms with Crippen LogP contribution < -0.4 is 5.32 Å². The molecule has 88 valence electrons. The first-order chi connectivity index (χ1) is 6.93. The molecule has 5 nitrogen and oxygen atoms in total. The van der Waals surface area contributed by atoms with Crippen molar-refractivity contribution in [3.8, 4) is 0 Å². The van der Waals surface area contributed by atoms with E-state index >= 15 is 0 Å². The number of sulfone groups is 1. The van der Waals surface area contributed by atoms with Gasteiger partial charge in [0.2, 0.25) is 5.91 Å². The molecule has 1 heterocycles. The Morgan fingerprint density at radius 3 is 2.67 bits per heavy atom. The van der Waals surface area contributed by atoms with E-state index in [4.69, 9.17) is 0 Å². The van der Waals surface area contributed by atoms with E-state index in [1.807, 2.05) is 18.9 Å². The molecule has 0 aromatic rings. The highest BCUT2D eigenvalue weighted by Gasteiger charge is 2.28. The SMILES string of the molecule is CCN(C)CC(=O)N[C@H]1CCS(=O)(=O)C1. The Morgan fingerprint density at radius 1 is 1.53 bits per heavy atom. The summed E-state index contributed by atoms with van der Waals surface area (Å²) in [7, 11) is -1.05.